The Morgan fingerprint density at radius 1 is 1.06 bits per heavy atom. The van der Waals surface area contributed by atoms with E-state index in [0.717, 1.165) is 24.1 Å². The van der Waals surface area contributed by atoms with Crippen LogP contribution in [0.4, 0.5) is 14.5 Å². The highest BCUT2D eigenvalue weighted by Gasteiger charge is 2.17. The van der Waals surface area contributed by atoms with Crippen molar-refractivity contribution in [3.63, 3.8) is 0 Å². The number of nitrogens with one attached hydrogen (secondary N) is 1. The third-order valence-corrected chi connectivity index (χ3v) is 5.38. The molecule has 0 radical (unpaired) electrons. The molecular formula is C24H25F2N3O2. The maximum atomic E-state index is 13.5. The van der Waals surface area contributed by atoms with E-state index in [-0.39, 0.29) is 23.3 Å². The molecule has 0 saturated heterocycles. The molecule has 1 fully saturated rings. The Balaban J connectivity index is 0.000000179. The lowest BCUT2D eigenvalue weighted by Gasteiger charge is -2.23. The molecule has 3 aromatic rings. The molecule has 2 heterocycles. The SMILES string of the molecule is CNc1cnccc1C1CCCCC1.O=Cc1nc(-c2cc(O)ccc2F)ccc1F. The zero-order valence-electron chi connectivity index (χ0n) is 17.3. The average Bonchev–Trinajstić information content (AvgIpc) is 2.82. The monoisotopic (exact) mass is 425 g/mol. The van der Waals surface area contributed by atoms with Crippen LogP contribution in [0.15, 0.2) is 48.8 Å². The molecule has 0 unspecified atom stereocenters. The number of carbonyl (C=O) groups is 1. The fourth-order valence-electron chi connectivity index (χ4n) is 3.78. The van der Waals surface area contributed by atoms with E-state index in [2.05, 4.69) is 21.4 Å². The minimum atomic E-state index is -0.774. The molecule has 5 nitrogen and oxygen atoms in total. The summed E-state index contributed by atoms with van der Waals surface area (Å²) in [6.45, 7) is 0. The molecule has 0 amide bonds. The summed E-state index contributed by atoms with van der Waals surface area (Å²) >= 11 is 0. The molecule has 0 atom stereocenters. The highest BCUT2D eigenvalue weighted by atomic mass is 19.1. The Labute approximate surface area is 180 Å². The van der Waals surface area contributed by atoms with Crippen molar-refractivity contribution in [1.29, 1.82) is 0 Å². The summed E-state index contributed by atoms with van der Waals surface area (Å²) in [5.41, 5.74) is 2.36. The van der Waals surface area contributed by atoms with Crippen LogP contribution >= 0.6 is 0 Å². The lowest BCUT2D eigenvalue weighted by atomic mass is 9.84. The van der Waals surface area contributed by atoms with Crippen molar-refractivity contribution in [2.45, 2.75) is 38.0 Å². The Bertz CT molecular complexity index is 1040. The van der Waals surface area contributed by atoms with Crippen molar-refractivity contribution < 1.29 is 18.7 Å². The second-order valence-corrected chi connectivity index (χ2v) is 7.39. The first-order valence-corrected chi connectivity index (χ1v) is 10.3. The number of aldehydes is 1. The fourth-order valence-corrected chi connectivity index (χ4v) is 3.78. The number of pyridine rings is 2. The molecule has 1 aliphatic carbocycles. The first-order valence-electron chi connectivity index (χ1n) is 10.3. The number of halogens is 2. The normalized spacial score (nSPS) is 13.8. The van der Waals surface area contributed by atoms with Crippen LogP contribution in [0.2, 0.25) is 0 Å². The lowest BCUT2D eigenvalue weighted by molar-refractivity contribution is 0.111. The molecule has 162 valence electrons. The van der Waals surface area contributed by atoms with Crippen LogP contribution in [0.5, 0.6) is 5.75 Å². The van der Waals surface area contributed by atoms with Crippen molar-refractivity contribution in [3.8, 4) is 17.0 Å². The van der Waals surface area contributed by atoms with E-state index in [1.54, 1.807) is 0 Å². The lowest BCUT2D eigenvalue weighted by Crippen LogP contribution is -2.07. The second kappa shape index (κ2) is 10.6. The number of aromatic hydroxyl groups is 1. The van der Waals surface area contributed by atoms with Gasteiger partial charge in [0.15, 0.2) is 12.1 Å². The molecule has 1 aromatic carbocycles. The van der Waals surface area contributed by atoms with Crippen LogP contribution in [0.3, 0.4) is 0 Å². The standard InChI is InChI=1S/C12H7F2NO2.C12H18N2/c13-9-2-1-7(17)5-8(9)11-4-3-10(14)12(6-16)15-11;1-13-12-9-14-8-7-11(12)10-5-3-2-4-6-10/h1-6,17H;7-10,13H,2-6H2,1H3. The van der Waals surface area contributed by atoms with Crippen molar-refractivity contribution in [3.05, 3.63) is 71.7 Å². The quantitative estimate of drug-likeness (QED) is 0.523. The second-order valence-electron chi connectivity index (χ2n) is 7.39. The molecule has 2 N–H and O–H groups in total. The van der Waals surface area contributed by atoms with Gasteiger partial charge in [-0.1, -0.05) is 19.3 Å². The number of anilines is 1. The van der Waals surface area contributed by atoms with Gasteiger partial charge in [0, 0.05) is 18.8 Å². The maximum Gasteiger partial charge on any atom is 0.171 e. The topological polar surface area (TPSA) is 75.1 Å². The minimum Gasteiger partial charge on any atom is -0.508 e. The molecule has 4 rings (SSSR count). The van der Waals surface area contributed by atoms with Gasteiger partial charge < -0.3 is 10.4 Å². The number of phenols is 1. The summed E-state index contributed by atoms with van der Waals surface area (Å²) in [6.07, 6.45) is 11.0. The molecule has 7 heteroatoms. The van der Waals surface area contributed by atoms with Crippen LogP contribution in [0.25, 0.3) is 11.3 Å². The number of hydrogen-bond acceptors (Lipinski definition) is 5. The summed E-state index contributed by atoms with van der Waals surface area (Å²) in [5, 5.41) is 12.5. The Morgan fingerprint density at radius 3 is 2.52 bits per heavy atom. The number of aromatic nitrogens is 2. The highest BCUT2D eigenvalue weighted by Crippen LogP contribution is 2.35. The van der Waals surface area contributed by atoms with Crippen molar-refractivity contribution in [1.82, 2.24) is 9.97 Å². The summed E-state index contributed by atoms with van der Waals surface area (Å²) < 4.78 is 26.5. The first-order chi connectivity index (χ1) is 15.0. The third kappa shape index (κ3) is 5.63. The number of carbonyl (C=O) groups excluding carboxylic acids is 1. The van der Waals surface area contributed by atoms with E-state index in [1.807, 2.05) is 19.4 Å². The van der Waals surface area contributed by atoms with Crippen LogP contribution < -0.4 is 5.32 Å². The largest absolute Gasteiger partial charge is 0.508 e. The van der Waals surface area contributed by atoms with Gasteiger partial charge in [-0.25, -0.2) is 13.8 Å². The predicted octanol–water partition coefficient (Wildman–Crippen LogP) is 5.72. The van der Waals surface area contributed by atoms with Crippen LogP contribution in [0, 0.1) is 11.6 Å². The van der Waals surface area contributed by atoms with Crippen molar-refractivity contribution in [2.75, 3.05) is 12.4 Å². The number of rotatable bonds is 4. The fraction of sp³-hybridized carbons (Fsp3) is 0.292. The zero-order chi connectivity index (χ0) is 22.2. The smallest absolute Gasteiger partial charge is 0.171 e. The van der Waals surface area contributed by atoms with E-state index >= 15 is 0 Å². The number of hydrogen-bond donors (Lipinski definition) is 2. The van der Waals surface area contributed by atoms with Gasteiger partial charge in [-0.3, -0.25) is 9.78 Å². The zero-order valence-corrected chi connectivity index (χ0v) is 17.3. The van der Waals surface area contributed by atoms with Gasteiger partial charge in [0.1, 0.15) is 17.3 Å². The molecule has 2 aromatic heterocycles. The van der Waals surface area contributed by atoms with Crippen LogP contribution in [-0.2, 0) is 0 Å². The van der Waals surface area contributed by atoms with Gasteiger partial charge in [-0.2, -0.15) is 0 Å². The van der Waals surface area contributed by atoms with Crippen LogP contribution in [-0.4, -0.2) is 28.4 Å². The number of benzene rings is 1. The first kappa shape index (κ1) is 22.3. The van der Waals surface area contributed by atoms with E-state index in [4.69, 9.17) is 0 Å². The van der Waals surface area contributed by atoms with Gasteiger partial charge in [0.05, 0.1) is 17.6 Å². The number of nitrogens with zero attached hydrogens (tertiary/aromatic N) is 2. The number of phenolic OH excluding ortho intramolecular Hbond substituents is 1. The molecular weight excluding hydrogens is 400 g/mol. The van der Waals surface area contributed by atoms with E-state index in [0.29, 0.717) is 0 Å². The molecule has 1 saturated carbocycles. The van der Waals surface area contributed by atoms with E-state index in [1.165, 1.54) is 55.5 Å². The predicted molar refractivity (Wildman–Crippen MR) is 116 cm³/mol. The molecule has 1 aliphatic rings. The summed E-state index contributed by atoms with van der Waals surface area (Å²) in [5.74, 6) is -0.766. The summed E-state index contributed by atoms with van der Waals surface area (Å²) in [4.78, 5) is 18.3. The molecule has 31 heavy (non-hydrogen) atoms. The van der Waals surface area contributed by atoms with Crippen molar-refractivity contribution >= 4 is 12.0 Å². The van der Waals surface area contributed by atoms with Gasteiger partial charge in [0.25, 0.3) is 0 Å². The highest BCUT2D eigenvalue weighted by molar-refractivity contribution is 5.74. The van der Waals surface area contributed by atoms with E-state index in [9.17, 15) is 18.7 Å². The Hall–Kier alpha value is -3.35. The summed E-state index contributed by atoms with van der Waals surface area (Å²) in [6, 6.07) is 7.83. The maximum absolute atomic E-state index is 13.5. The third-order valence-electron chi connectivity index (χ3n) is 5.38. The van der Waals surface area contributed by atoms with Gasteiger partial charge in [-0.15, -0.1) is 0 Å². The Kier molecular flexibility index (Phi) is 7.65. The average molecular weight is 425 g/mol. The molecule has 0 spiro atoms. The molecule has 0 bridgehead atoms. The Morgan fingerprint density at radius 2 is 1.81 bits per heavy atom. The minimum absolute atomic E-state index is 0.00750. The van der Waals surface area contributed by atoms with Gasteiger partial charge >= 0.3 is 0 Å². The molecule has 0 aliphatic heterocycles. The van der Waals surface area contributed by atoms with E-state index < -0.39 is 17.3 Å². The van der Waals surface area contributed by atoms with Crippen LogP contribution in [0.1, 0.15) is 54.1 Å². The summed E-state index contributed by atoms with van der Waals surface area (Å²) in [7, 11) is 1.98. The van der Waals surface area contributed by atoms with Gasteiger partial charge in [0.2, 0.25) is 0 Å². The van der Waals surface area contributed by atoms with Gasteiger partial charge in [-0.05, 0) is 60.7 Å². The van der Waals surface area contributed by atoms with Crippen molar-refractivity contribution in [2.24, 2.45) is 0 Å².